The number of aliphatic imine (C=N–C) groups is 1. The molecule has 1 aromatic heterocycles. The predicted molar refractivity (Wildman–Crippen MR) is 107 cm³/mol. The molecule has 0 bridgehead atoms. The highest BCUT2D eigenvalue weighted by Gasteiger charge is 2.16. The van der Waals surface area contributed by atoms with Crippen LogP contribution in [0.2, 0.25) is 0 Å². The van der Waals surface area contributed by atoms with Crippen LogP contribution < -0.4 is 15.4 Å². The van der Waals surface area contributed by atoms with Gasteiger partial charge in [-0.25, -0.2) is 4.98 Å². The number of guanidine groups is 1. The van der Waals surface area contributed by atoms with Crippen molar-refractivity contribution in [3.63, 3.8) is 0 Å². The Balaban J connectivity index is 0.00000288. The average molecular weight is 448 g/mol. The number of hydrogen-bond donors (Lipinski definition) is 2. The molecule has 1 heterocycles. The van der Waals surface area contributed by atoms with E-state index in [4.69, 9.17) is 9.47 Å². The average Bonchev–Trinajstić information content (AvgIpc) is 3.07. The van der Waals surface area contributed by atoms with E-state index in [0.717, 1.165) is 49.8 Å². The van der Waals surface area contributed by atoms with Crippen LogP contribution in [0, 0.1) is 0 Å². The molecule has 7 heteroatoms. The topological polar surface area (TPSA) is 67.8 Å². The van der Waals surface area contributed by atoms with Gasteiger partial charge in [0.1, 0.15) is 6.10 Å². The van der Waals surface area contributed by atoms with Crippen LogP contribution in [0.3, 0.4) is 0 Å². The van der Waals surface area contributed by atoms with E-state index in [2.05, 4.69) is 20.6 Å². The molecule has 0 aliphatic heterocycles. The monoisotopic (exact) mass is 448 g/mol. The van der Waals surface area contributed by atoms with Gasteiger partial charge in [0.05, 0.1) is 0 Å². The van der Waals surface area contributed by atoms with Gasteiger partial charge in [0.15, 0.2) is 5.96 Å². The van der Waals surface area contributed by atoms with Gasteiger partial charge in [0.2, 0.25) is 5.88 Å². The van der Waals surface area contributed by atoms with Crippen LogP contribution in [0.4, 0.5) is 0 Å². The Hall–Kier alpha value is -1.09. The summed E-state index contributed by atoms with van der Waals surface area (Å²) in [7, 11) is 3.48. The first-order valence-corrected chi connectivity index (χ1v) is 8.37. The third kappa shape index (κ3) is 7.65. The normalized spacial score (nSPS) is 15.0. The summed E-state index contributed by atoms with van der Waals surface area (Å²) in [5.41, 5.74) is 1.13. The number of hydrogen-bond acceptors (Lipinski definition) is 4. The first-order chi connectivity index (χ1) is 11.3. The van der Waals surface area contributed by atoms with Gasteiger partial charge in [-0.05, 0) is 43.7 Å². The van der Waals surface area contributed by atoms with Crippen LogP contribution in [0.1, 0.15) is 37.7 Å². The molecule has 1 aliphatic rings. The Labute approximate surface area is 161 Å². The molecule has 2 N–H and O–H groups in total. The van der Waals surface area contributed by atoms with Gasteiger partial charge in [0, 0.05) is 46.1 Å². The fraction of sp³-hybridized carbons (Fsp3) is 0.647. The molecule has 1 fully saturated rings. The Morgan fingerprint density at radius 3 is 2.83 bits per heavy atom. The number of pyridine rings is 1. The summed E-state index contributed by atoms with van der Waals surface area (Å²) in [6.07, 6.45) is 7.89. The second-order valence-electron chi connectivity index (χ2n) is 5.73. The third-order valence-corrected chi connectivity index (χ3v) is 3.89. The third-order valence-electron chi connectivity index (χ3n) is 3.89. The summed E-state index contributed by atoms with van der Waals surface area (Å²) >= 11 is 0. The number of ether oxygens (including phenoxy) is 2. The van der Waals surface area contributed by atoms with Gasteiger partial charge >= 0.3 is 0 Å². The smallest absolute Gasteiger partial charge is 0.213 e. The van der Waals surface area contributed by atoms with Gasteiger partial charge in [-0.15, -0.1) is 24.0 Å². The number of methoxy groups -OCH3 is 1. The molecule has 0 amide bonds. The largest absolute Gasteiger partial charge is 0.474 e. The van der Waals surface area contributed by atoms with E-state index in [0.29, 0.717) is 12.6 Å². The lowest BCUT2D eigenvalue weighted by molar-refractivity contribution is 0.195. The van der Waals surface area contributed by atoms with E-state index >= 15 is 0 Å². The molecule has 0 spiro atoms. The second-order valence-corrected chi connectivity index (χ2v) is 5.73. The zero-order valence-electron chi connectivity index (χ0n) is 14.6. The molecule has 0 unspecified atom stereocenters. The Bertz CT molecular complexity index is 493. The SMILES string of the molecule is CN=C(NCCCOC)NCc1ccnc(OC2CCCC2)c1.I. The minimum atomic E-state index is 0. The maximum absolute atomic E-state index is 5.94. The zero-order valence-corrected chi connectivity index (χ0v) is 16.9. The highest BCUT2D eigenvalue weighted by atomic mass is 127. The molecule has 0 saturated heterocycles. The molecule has 24 heavy (non-hydrogen) atoms. The van der Waals surface area contributed by atoms with Crippen molar-refractivity contribution in [2.24, 2.45) is 4.99 Å². The lowest BCUT2D eigenvalue weighted by Gasteiger charge is -2.14. The van der Waals surface area contributed by atoms with E-state index in [-0.39, 0.29) is 24.0 Å². The van der Waals surface area contributed by atoms with Crippen molar-refractivity contribution in [2.45, 2.75) is 44.8 Å². The Kier molecular flexibility index (Phi) is 10.7. The fourth-order valence-corrected chi connectivity index (χ4v) is 2.63. The molecule has 0 atom stereocenters. The van der Waals surface area contributed by atoms with Crippen molar-refractivity contribution >= 4 is 29.9 Å². The van der Waals surface area contributed by atoms with Gasteiger partial charge in [-0.2, -0.15) is 0 Å². The van der Waals surface area contributed by atoms with Crippen molar-refractivity contribution < 1.29 is 9.47 Å². The van der Waals surface area contributed by atoms with E-state index < -0.39 is 0 Å². The van der Waals surface area contributed by atoms with Gasteiger partial charge in [-0.1, -0.05) is 0 Å². The number of nitrogens with zero attached hydrogens (tertiary/aromatic N) is 2. The molecule has 1 saturated carbocycles. The van der Waals surface area contributed by atoms with Gasteiger partial charge < -0.3 is 20.1 Å². The molecule has 0 aromatic carbocycles. The van der Waals surface area contributed by atoms with Gasteiger partial charge in [0.25, 0.3) is 0 Å². The molecule has 0 radical (unpaired) electrons. The summed E-state index contributed by atoms with van der Waals surface area (Å²) in [4.78, 5) is 8.52. The maximum atomic E-state index is 5.94. The Morgan fingerprint density at radius 1 is 1.33 bits per heavy atom. The highest BCUT2D eigenvalue weighted by molar-refractivity contribution is 14.0. The summed E-state index contributed by atoms with van der Waals surface area (Å²) in [5, 5.41) is 6.56. The number of rotatable bonds is 8. The van der Waals surface area contributed by atoms with Crippen LogP contribution in [0.25, 0.3) is 0 Å². The first-order valence-electron chi connectivity index (χ1n) is 8.37. The van der Waals surface area contributed by atoms with Crippen LogP contribution in [0.15, 0.2) is 23.3 Å². The lowest BCUT2D eigenvalue weighted by atomic mass is 10.2. The lowest BCUT2D eigenvalue weighted by Crippen LogP contribution is -2.37. The summed E-state index contributed by atoms with van der Waals surface area (Å²) in [5.74, 6) is 1.51. The van der Waals surface area contributed by atoms with Crippen molar-refractivity contribution in [3.8, 4) is 5.88 Å². The Morgan fingerprint density at radius 2 is 2.12 bits per heavy atom. The van der Waals surface area contributed by atoms with Crippen molar-refractivity contribution in [2.75, 3.05) is 27.3 Å². The van der Waals surface area contributed by atoms with Crippen LogP contribution >= 0.6 is 24.0 Å². The minimum Gasteiger partial charge on any atom is -0.474 e. The molecular weight excluding hydrogens is 419 g/mol. The second kappa shape index (κ2) is 12.3. The van der Waals surface area contributed by atoms with E-state index in [1.54, 1.807) is 20.4 Å². The predicted octanol–water partition coefficient (Wildman–Crippen LogP) is 2.72. The van der Waals surface area contributed by atoms with Crippen molar-refractivity contribution in [3.05, 3.63) is 23.9 Å². The highest BCUT2D eigenvalue weighted by Crippen LogP contribution is 2.23. The number of nitrogens with one attached hydrogen (secondary N) is 2. The summed E-state index contributed by atoms with van der Waals surface area (Å²) in [6.45, 7) is 2.27. The van der Waals surface area contributed by atoms with Crippen molar-refractivity contribution in [1.29, 1.82) is 0 Å². The van der Waals surface area contributed by atoms with E-state index in [1.807, 2.05) is 12.1 Å². The minimum absolute atomic E-state index is 0. The quantitative estimate of drug-likeness (QED) is 0.277. The summed E-state index contributed by atoms with van der Waals surface area (Å²) in [6, 6.07) is 4.00. The number of aromatic nitrogens is 1. The molecule has 2 rings (SSSR count). The standard InChI is InChI=1S/C17H28N4O2.HI/c1-18-17(20-9-5-11-22-2)21-13-14-8-10-19-16(12-14)23-15-6-3-4-7-15;/h8,10,12,15H,3-7,9,11,13H2,1-2H3,(H2,18,20,21);1H. The van der Waals surface area contributed by atoms with Crippen molar-refractivity contribution in [1.82, 2.24) is 15.6 Å². The zero-order chi connectivity index (χ0) is 16.3. The maximum Gasteiger partial charge on any atom is 0.213 e. The van der Waals surface area contributed by atoms with E-state index in [9.17, 15) is 0 Å². The van der Waals surface area contributed by atoms with Gasteiger partial charge in [-0.3, -0.25) is 4.99 Å². The van der Waals surface area contributed by atoms with E-state index in [1.165, 1.54) is 12.8 Å². The molecule has 6 nitrogen and oxygen atoms in total. The van der Waals surface area contributed by atoms with Crippen LogP contribution in [-0.4, -0.2) is 44.4 Å². The van der Waals surface area contributed by atoms with Crippen LogP contribution in [-0.2, 0) is 11.3 Å². The molecular formula is C17H29IN4O2. The fourth-order valence-electron chi connectivity index (χ4n) is 2.63. The first kappa shape index (κ1) is 21.0. The number of halogens is 1. The molecule has 136 valence electrons. The summed E-state index contributed by atoms with van der Waals surface area (Å²) < 4.78 is 11.0. The molecule has 1 aliphatic carbocycles. The molecule has 1 aromatic rings. The van der Waals surface area contributed by atoms with Crippen LogP contribution in [0.5, 0.6) is 5.88 Å².